The Labute approximate surface area is 98.6 Å². The average Bonchev–Trinajstić information content (AvgIpc) is 2.30. The summed E-state index contributed by atoms with van der Waals surface area (Å²) in [6.07, 6.45) is 8.77. The molecule has 0 bridgehead atoms. The topological polar surface area (TPSA) is 41.5 Å². The molecule has 2 atom stereocenters. The first-order chi connectivity index (χ1) is 7.74. The molecule has 2 aliphatic rings. The molecule has 1 saturated heterocycles. The van der Waals surface area contributed by atoms with Gasteiger partial charge < -0.3 is 15.2 Å². The van der Waals surface area contributed by atoms with E-state index in [1.54, 1.807) is 0 Å². The van der Waals surface area contributed by atoms with Crippen LogP contribution in [0.15, 0.2) is 0 Å². The lowest BCUT2D eigenvalue weighted by atomic mass is 9.84. The fraction of sp³-hybridized carbons (Fsp3) is 1.00. The summed E-state index contributed by atoms with van der Waals surface area (Å²) in [6, 6.07) is 0.617. The van der Waals surface area contributed by atoms with Crippen LogP contribution in [-0.4, -0.2) is 36.0 Å². The third kappa shape index (κ3) is 2.96. The smallest absolute Gasteiger partial charge is 0.0615 e. The summed E-state index contributed by atoms with van der Waals surface area (Å²) < 4.78 is 5.57. The van der Waals surface area contributed by atoms with E-state index in [1.165, 1.54) is 32.1 Å². The van der Waals surface area contributed by atoms with E-state index >= 15 is 0 Å². The molecule has 0 aromatic carbocycles. The number of aliphatic hydroxyl groups excluding tert-OH is 1. The maximum atomic E-state index is 9.67. The SMILES string of the molecule is CC1CC(CO)(NC2CCCCC2)CCO1. The summed E-state index contributed by atoms with van der Waals surface area (Å²) in [6.45, 7) is 3.13. The second kappa shape index (κ2) is 5.48. The van der Waals surface area contributed by atoms with Gasteiger partial charge in [-0.05, 0) is 32.6 Å². The highest BCUT2D eigenvalue weighted by Crippen LogP contribution is 2.28. The van der Waals surface area contributed by atoms with Gasteiger partial charge >= 0.3 is 0 Å². The van der Waals surface area contributed by atoms with E-state index < -0.39 is 0 Å². The van der Waals surface area contributed by atoms with Crippen LogP contribution >= 0.6 is 0 Å². The maximum absolute atomic E-state index is 9.67. The Bertz CT molecular complexity index is 216. The average molecular weight is 227 g/mol. The highest BCUT2D eigenvalue weighted by molar-refractivity contribution is 4.94. The molecular formula is C13H25NO2. The fourth-order valence-corrected chi connectivity index (χ4v) is 3.17. The monoisotopic (exact) mass is 227 g/mol. The zero-order valence-electron chi connectivity index (χ0n) is 10.4. The van der Waals surface area contributed by atoms with E-state index in [2.05, 4.69) is 12.2 Å². The third-order valence-corrected chi connectivity index (χ3v) is 4.08. The van der Waals surface area contributed by atoms with E-state index in [4.69, 9.17) is 4.74 Å². The molecule has 94 valence electrons. The minimum atomic E-state index is -0.0698. The molecule has 3 heteroatoms. The molecule has 1 aliphatic carbocycles. The molecular weight excluding hydrogens is 202 g/mol. The van der Waals surface area contributed by atoms with Crippen molar-refractivity contribution >= 4 is 0 Å². The second-order valence-electron chi connectivity index (χ2n) is 5.55. The number of hydrogen-bond donors (Lipinski definition) is 2. The first kappa shape index (κ1) is 12.3. The van der Waals surface area contributed by atoms with Gasteiger partial charge in [-0.25, -0.2) is 0 Å². The minimum Gasteiger partial charge on any atom is -0.394 e. The van der Waals surface area contributed by atoms with Gasteiger partial charge in [0.25, 0.3) is 0 Å². The number of aliphatic hydroxyl groups is 1. The quantitative estimate of drug-likeness (QED) is 0.773. The Morgan fingerprint density at radius 3 is 2.69 bits per heavy atom. The molecule has 16 heavy (non-hydrogen) atoms. The summed E-state index contributed by atoms with van der Waals surface area (Å²) in [5.41, 5.74) is -0.0698. The zero-order chi connectivity index (χ0) is 11.4. The van der Waals surface area contributed by atoms with Crippen molar-refractivity contribution in [1.82, 2.24) is 5.32 Å². The van der Waals surface area contributed by atoms with Crippen molar-refractivity contribution in [3.8, 4) is 0 Å². The van der Waals surface area contributed by atoms with Gasteiger partial charge in [0.15, 0.2) is 0 Å². The van der Waals surface area contributed by atoms with Crippen molar-refractivity contribution in [2.45, 2.75) is 69.6 Å². The first-order valence-electron chi connectivity index (χ1n) is 6.74. The molecule has 1 saturated carbocycles. The third-order valence-electron chi connectivity index (χ3n) is 4.08. The molecule has 3 nitrogen and oxygen atoms in total. The Kier molecular flexibility index (Phi) is 4.22. The predicted octanol–water partition coefficient (Wildman–Crippen LogP) is 1.84. The van der Waals surface area contributed by atoms with E-state index in [0.717, 1.165) is 19.4 Å². The van der Waals surface area contributed by atoms with Crippen molar-refractivity contribution in [2.24, 2.45) is 0 Å². The van der Waals surface area contributed by atoms with Crippen LogP contribution in [0.3, 0.4) is 0 Å². The van der Waals surface area contributed by atoms with Crippen molar-refractivity contribution in [2.75, 3.05) is 13.2 Å². The van der Waals surface area contributed by atoms with Crippen LogP contribution in [0.1, 0.15) is 51.9 Å². The van der Waals surface area contributed by atoms with Gasteiger partial charge in [-0.2, -0.15) is 0 Å². The van der Waals surface area contributed by atoms with Gasteiger partial charge in [-0.3, -0.25) is 0 Å². The van der Waals surface area contributed by atoms with Crippen LogP contribution in [0.2, 0.25) is 0 Å². The van der Waals surface area contributed by atoms with E-state index in [9.17, 15) is 5.11 Å². The molecule has 0 aromatic rings. The van der Waals surface area contributed by atoms with E-state index in [0.29, 0.717) is 6.04 Å². The number of hydrogen-bond acceptors (Lipinski definition) is 3. The fourth-order valence-electron chi connectivity index (χ4n) is 3.17. The Morgan fingerprint density at radius 1 is 1.31 bits per heavy atom. The molecule has 2 unspecified atom stereocenters. The summed E-state index contributed by atoms with van der Waals surface area (Å²) in [5.74, 6) is 0. The summed E-state index contributed by atoms with van der Waals surface area (Å²) in [4.78, 5) is 0. The number of nitrogens with one attached hydrogen (secondary N) is 1. The largest absolute Gasteiger partial charge is 0.394 e. The van der Waals surface area contributed by atoms with Crippen LogP contribution in [0.5, 0.6) is 0 Å². The van der Waals surface area contributed by atoms with Gasteiger partial charge in [-0.1, -0.05) is 19.3 Å². The van der Waals surface area contributed by atoms with Crippen molar-refractivity contribution < 1.29 is 9.84 Å². The molecule has 1 aliphatic heterocycles. The molecule has 2 N–H and O–H groups in total. The van der Waals surface area contributed by atoms with E-state index in [1.807, 2.05) is 0 Å². The molecule has 1 heterocycles. The molecule has 0 aromatic heterocycles. The van der Waals surface area contributed by atoms with Crippen molar-refractivity contribution in [1.29, 1.82) is 0 Å². The lowest BCUT2D eigenvalue weighted by molar-refractivity contribution is -0.0409. The summed E-state index contributed by atoms with van der Waals surface area (Å²) in [7, 11) is 0. The van der Waals surface area contributed by atoms with Gasteiger partial charge in [-0.15, -0.1) is 0 Å². The maximum Gasteiger partial charge on any atom is 0.0615 e. The molecule has 0 radical (unpaired) electrons. The summed E-state index contributed by atoms with van der Waals surface area (Å²) >= 11 is 0. The standard InChI is InChI=1S/C13H25NO2/c1-11-9-13(10-15,7-8-16-11)14-12-5-3-2-4-6-12/h11-12,14-15H,2-10H2,1H3. The lowest BCUT2D eigenvalue weighted by Crippen LogP contribution is -2.57. The number of ether oxygens (including phenoxy) is 1. The van der Waals surface area contributed by atoms with Crippen LogP contribution in [-0.2, 0) is 4.74 Å². The predicted molar refractivity (Wildman–Crippen MR) is 64.5 cm³/mol. The van der Waals surface area contributed by atoms with Crippen molar-refractivity contribution in [3.63, 3.8) is 0 Å². The molecule has 0 spiro atoms. The van der Waals surface area contributed by atoms with Gasteiger partial charge in [0.1, 0.15) is 0 Å². The van der Waals surface area contributed by atoms with Crippen molar-refractivity contribution in [3.05, 3.63) is 0 Å². The number of rotatable bonds is 3. The van der Waals surface area contributed by atoms with Gasteiger partial charge in [0.2, 0.25) is 0 Å². The highest BCUT2D eigenvalue weighted by atomic mass is 16.5. The lowest BCUT2D eigenvalue weighted by Gasteiger charge is -2.42. The zero-order valence-corrected chi connectivity index (χ0v) is 10.4. The molecule has 2 fully saturated rings. The Morgan fingerprint density at radius 2 is 2.06 bits per heavy atom. The molecule has 0 amide bonds. The minimum absolute atomic E-state index is 0.0698. The van der Waals surface area contributed by atoms with Crippen LogP contribution in [0, 0.1) is 0 Å². The second-order valence-corrected chi connectivity index (χ2v) is 5.55. The van der Waals surface area contributed by atoms with Crippen LogP contribution in [0.25, 0.3) is 0 Å². The van der Waals surface area contributed by atoms with E-state index in [-0.39, 0.29) is 18.2 Å². The highest BCUT2D eigenvalue weighted by Gasteiger charge is 2.36. The first-order valence-corrected chi connectivity index (χ1v) is 6.74. The summed E-state index contributed by atoms with van der Waals surface area (Å²) in [5, 5.41) is 13.4. The normalized spacial score (nSPS) is 37.5. The Balaban J connectivity index is 1.91. The van der Waals surface area contributed by atoms with Crippen LogP contribution < -0.4 is 5.32 Å². The molecule has 2 rings (SSSR count). The Hall–Kier alpha value is -0.120. The van der Waals surface area contributed by atoms with Crippen LogP contribution in [0.4, 0.5) is 0 Å². The van der Waals surface area contributed by atoms with Gasteiger partial charge in [0.05, 0.1) is 12.7 Å². The van der Waals surface area contributed by atoms with Gasteiger partial charge in [0, 0.05) is 18.2 Å².